The smallest absolute Gasteiger partial charge is 0.311 e. The fourth-order valence-corrected chi connectivity index (χ4v) is 2.37. The Labute approximate surface area is 132 Å². The minimum Gasteiger partial charge on any atom is -0.481 e. The molecule has 0 aliphatic rings. The minimum atomic E-state index is -0.989. The first kappa shape index (κ1) is 18.2. The lowest BCUT2D eigenvalue weighted by Gasteiger charge is -2.31. The molecular weight excluding hydrogens is 278 g/mol. The molecule has 1 aromatic carbocycles. The van der Waals surface area contributed by atoms with Crippen molar-refractivity contribution in [3.8, 4) is 0 Å². The summed E-state index contributed by atoms with van der Waals surface area (Å²) in [5.74, 6) is -1.10. The highest BCUT2D eigenvalue weighted by Gasteiger charge is 2.37. The second-order valence-electron chi connectivity index (χ2n) is 6.27. The van der Waals surface area contributed by atoms with E-state index in [0.717, 1.165) is 25.7 Å². The topological polar surface area (TPSA) is 66.4 Å². The lowest BCUT2D eigenvalue weighted by molar-refractivity contribution is -0.148. The number of carboxylic acids is 1. The van der Waals surface area contributed by atoms with Gasteiger partial charge in [0.15, 0.2) is 0 Å². The molecule has 4 nitrogen and oxygen atoms in total. The summed E-state index contributed by atoms with van der Waals surface area (Å²) in [6.07, 6.45) is 4.92. The number of hydrogen-bond donors (Lipinski definition) is 2. The Morgan fingerprint density at radius 3 is 2.32 bits per heavy atom. The molecule has 0 aliphatic carbocycles. The van der Waals surface area contributed by atoms with E-state index in [9.17, 15) is 14.7 Å². The fraction of sp³-hybridized carbons (Fsp3) is 0.556. The Morgan fingerprint density at radius 2 is 1.77 bits per heavy atom. The highest BCUT2D eigenvalue weighted by atomic mass is 16.4. The molecule has 2 N–H and O–H groups in total. The summed E-state index contributed by atoms with van der Waals surface area (Å²) < 4.78 is 0. The normalized spacial score (nSPS) is 12.7. The molecule has 1 rings (SSSR count). The molecule has 0 saturated carbocycles. The van der Waals surface area contributed by atoms with E-state index in [-0.39, 0.29) is 11.9 Å². The van der Waals surface area contributed by atoms with Crippen molar-refractivity contribution in [1.82, 2.24) is 5.32 Å². The molecule has 0 heterocycles. The van der Waals surface area contributed by atoms with Crippen molar-refractivity contribution < 1.29 is 14.7 Å². The van der Waals surface area contributed by atoms with E-state index in [4.69, 9.17) is 0 Å². The van der Waals surface area contributed by atoms with Crippen LogP contribution in [0, 0.1) is 5.41 Å². The van der Waals surface area contributed by atoms with Gasteiger partial charge in [-0.2, -0.15) is 0 Å². The van der Waals surface area contributed by atoms with Gasteiger partial charge in [-0.25, -0.2) is 0 Å². The molecule has 0 aromatic heterocycles. The highest BCUT2D eigenvalue weighted by molar-refractivity contribution is 5.94. The average molecular weight is 305 g/mol. The quantitative estimate of drug-likeness (QED) is 0.681. The van der Waals surface area contributed by atoms with E-state index in [0.29, 0.717) is 12.0 Å². The number of carbonyl (C=O) groups is 2. The Hall–Kier alpha value is -1.84. The van der Waals surface area contributed by atoms with Crippen molar-refractivity contribution in [3.63, 3.8) is 0 Å². The molecule has 0 spiro atoms. The maximum absolute atomic E-state index is 12.3. The maximum atomic E-state index is 12.3. The zero-order valence-electron chi connectivity index (χ0n) is 13.8. The number of unbranched alkanes of at least 4 members (excludes halogenated alkanes) is 3. The van der Waals surface area contributed by atoms with Gasteiger partial charge in [-0.1, -0.05) is 50.8 Å². The van der Waals surface area contributed by atoms with Crippen LogP contribution in [0.5, 0.6) is 0 Å². The number of nitrogens with one attached hydrogen (secondary N) is 1. The second kappa shape index (κ2) is 8.57. The Bertz CT molecular complexity index is 482. The molecule has 122 valence electrons. The SMILES string of the molecule is CCCCCCC(NC(=O)c1ccccc1)C(C)(C)C(=O)O. The zero-order chi connectivity index (χ0) is 16.6. The van der Waals surface area contributed by atoms with Gasteiger partial charge in [0, 0.05) is 11.6 Å². The first-order valence-corrected chi connectivity index (χ1v) is 7.99. The van der Waals surface area contributed by atoms with E-state index in [2.05, 4.69) is 12.2 Å². The van der Waals surface area contributed by atoms with Gasteiger partial charge < -0.3 is 10.4 Å². The van der Waals surface area contributed by atoms with Crippen molar-refractivity contribution >= 4 is 11.9 Å². The van der Waals surface area contributed by atoms with Crippen LogP contribution < -0.4 is 5.32 Å². The van der Waals surface area contributed by atoms with Crippen LogP contribution in [-0.4, -0.2) is 23.0 Å². The average Bonchev–Trinajstić information content (AvgIpc) is 2.50. The van der Waals surface area contributed by atoms with Gasteiger partial charge in [-0.05, 0) is 32.4 Å². The lowest BCUT2D eigenvalue weighted by atomic mass is 9.81. The molecule has 0 fully saturated rings. The third kappa shape index (κ3) is 5.17. The number of carbonyl (C=O) groups excluding carboxylic acids is 1. The number of benzene rings is 1. The lowest BCUT2D eigenvalue weighted by Crippen LogP contribution is -2.49. The Balaban J connectivity index is 2.77. The molecule has 1 unspecified atom stereocenters. The molecule has 1 atom stereocenters. The van der Waals surface area contributed by atoms with Gasteiger partial charge in [0.05, 0.1) is 5.41 Å². The van der Waals surface area contributed by atoms with Crippen LogP contribution in [0.25, 0.3) is 0 Å². The molecule has 0 radical (unpaired) electrons. The number of hydrogen-bond acceptors (Lipinski definition) is 2. The number of aliphatic carboxylic acids is 1. The van der Waals surface area contributed by atoms with Gasteiger partial charge in [-0.3, -0.25) is 9.59 Å². The van der Waals surface area contributed by atoms with Crippen LogP contribution in [0.4, 0.5) is 0 Å². The van der Waals surface area contributed by atoms with Crippen molar-refractivity contribution in [1.29, 1.82) is 0 Å². The Kier molecular flexibility index (Phi) is 7.09. The van der Waals surface area contributed by atoms with Crippen LogP contribution >= 0.6 is 0 Å². The standard InChI is InChI=1S/C18H27NO3/c1-4-5-6-10-13-15(18(2,3)17(21)22)19-16(20)14-11-8-7-9-12-14/h7-9,11-12,15H,4-6,10,13H2,1-3H3,(H,19,20)(H,21,22). The van der Waals surface area contributed by atoms with Crippen molar-refractivity contribution in [2.45, 2.75) is 58.9 Å². The van der Waals surface area contributed by atoms with E-state index in [1.165, 1.54) is 0 Å². The van der Waals surface area contributed by atoms with Gasteiger partial charge in [0.1, 0.15) is 0 Å². The summed E-state index contributed by atoms with van der Waals surface area (Å²) >= 11 is 0. The molecule has 22 heavy (non-hydrogen) atoms. The van der Waals surface area contributed by atoms with E-state index >= 15 is 0 Å². The maximum Gasteiger partial charge on any atom is 0.311 e. The fourth-order valence-electron chi connectivity index (χ4n) is 2.37. The second-order valence-corrected chi connectivity index (χ2v) is 6.27. The molecule has 0 bridgehead atoms. The molecule has 1 aromatic rings. The summed E-state index contributed by atoms with van der Waals surface area (Å²) in [7, 11) is 0. The first-order valence-electron chi connectivity index (χ1n) is 7.99. The first-order chi connectivity index (χ1) is 10.4. The van der Waals surface area contributed by atoms with E-state index in [1.54, 1.807) is 38.1 Å². The number of amides is 1. The largest absolute Gasteiger partial charge is 0.481 e. The third-order valence-electron chi connectivity index (χ3n) is 4.11. The van der Waals surface area contributed by atoms with Gasteiger partial charge in [-0.15, -0.1) is 0 Å². The third-order valence-corrected chi connectivity index (χ3v) is 4.11. The van der Waals surface area contributed by atoms with E-state index < -0.39 is 11.4 Å². The summed E-state index contributed by atoms with van der Waals surface area (Å²) in [5.41, 5.74) is -0.432. The molecule has 1 amide bonds. The predicted molar refractivity (Wildman–Crippen MR) is 87.9 cm³/mol. The minimum absolute atomic E-state index is 0.213. The van der Waals surface area contributed by atoms with E-state index in [1.807, 2.05) is 6.07 Å². The zero-order valence-corrected chi connectivity index (χ0v) is 13.8. The number of rotatable bonds is 9. The van der Waals surface area contributed by atoms with Crippen molar-refractivity contribution in [3.05, 3.63) is 35.9 Å². The van der Waals surface area contributed by atoms with Crippen LogP contribution in [0.1, 0.15) is 63.2 Å². The van der Waals surface area contributed by atoms with Gasteiger partial charge in [0.25, 0.3) is 5.91 Å². The Morgan fingerprint density at radius 1 is 1.14 bits per heavy atom. The summed E-state index contributed by atoms with van der Waals surface area (Å²) in [6, 6.07) is 8.53. The van der Waals surface area contributed by atoms with Crippen molar-refractivity contribution in [2.75, 3.05) is 0 Å². The van der Waals surface area contributed by atoms with Crippen LogP contribution in [0.2, 0.25) is 0 Å². The van der Waals surface area contributed by atoms with Gasteiger partial charge >= 0.3 is 5.97 Å². The van der Waals surface area contributed by atoms with Gasteiger partial charge in [0.2, 0.25) is 0 Å². The molecule has 4 heteroatoms. The van der Waals surface area contributed by atoms with Crippen LogP contribution in [0.15, 0.2) is 30.3 Å². The van der Waals surface area contributed by atoms with Crippen LogP contribution in [0.3, 0.4) is 0 Å². The molecular formula is C18H27NO3. The number of carboxylic acid groups (broad SMARTS) is 1. The molecule has 0 saturated heterocycles. The predicted octanol–water partition coefficient (Wildman–Crippen LogP) is 3.87. The summed E-state index contributed by atoms with van der Waals surface area (Å²) in [5, 5.41) is 12.4. The summed E-state index contributed by atoms with van der Waals surface area (Å²) in [4.78, 5) is 23.8. The highest BCUT2D eigenvalue weighted by Crippen LogP contribution is 2.25. The van der Waals surface area contributed by atoms with Crippen LogP contribution in [-0.2, 0) is 4.79 Å². The molecule has 0 aliphatic heterocycles. The summed E-state index contributed by atoms with van der Waals surface area (Å²) in [6.45, 7) is 5.48. The van der Waals surface area contributed by atoms with Crippen molar-refractivity contribution in [2.24, 2.45) is 5.41 Å². The monoisotopic (exact) mass is 305 g/mol.